The zero-order valence-electron chi connectivity index (χ0n) is 12.3. The normalized spacial score (nSPS) is 19.8. The number of rotatable bonds is 1. The number of hydrogen-bond acceptors (Lipinski definition) is 3. The van der Waals surface area contributed by atoms with Gasteiger partial charge in [0.05, 0.1) is 5.92 Å². The van der Waals surface area contributed by atoms with Crippen LogP contribution in [0.1, 0.15) is 28.3 Å². The molecule has 4 rings (SSSR count). The molecule has 0 aliphatic carbocycles. The van der Waals surface area contributed by atoms with Crippen LogP contribution >= 0.6 is 11.3 Å². The molecule has 23 heavy (non-hydrogen) atoms. The van der Waals surface area contributed by atoms with Crippen LogP contribution in [0.2, 0.25) is 0 Å². The molecule has 1 aromatic heterocycles. The molecule has 0 unspecified atom stereocenters. The summed E-state index contributed by atoms with van der Waals surface area (Å²) in [4.78, 5) is 28.0. The van der Waals surface area contributed by atoms with Gasteiger partial charge in [-0.1, -0.05) is 6.07 Å². The topological polar surface area (TPSA) is 49.4 Å². The molecule has 1 aromatic carbocycles. The lowest BCUT2D eigenvalue weighted by molar-refractivity contribution is -0.135. The second-order valence-electron chi connectivity index (χ2n) is 5.92. The zero-order chi connectivity index (χ0) is 16.0. The molecule has 6 heteroatoms. The van der Waals surface area contributed by atoms with Gasteiger partial charge in [-0.25, -0.2) is 4.39 Å². The first kappa shape index (κ1) is 14.4. The standard InChI is InChI=1S/C17H15FN2O2S/c18-11-1-2-12-13(8-16(21)19-14(12)7-11)17(22)20-5-3-15-10(9-20)4-6-23-15/h1-2,4,6-7,13H,3,5,8-9H2,(H,19,21)/t13-/m0/s1. The number of hydrogen-bond donors (Lipinski definition) is 1. The third kappa shape index (κ3) is 2.53. The monoisotopic (exact) mass is 330 g/mol. The predicted molar refractivity (Wildman–Crippen MR) is 85.8 cm³/mol. The molecule has 0 bridgehead atoms. The average Bonchev–Trinajstić information content (AvgIpc) is 3.00. The highest BCUT2D eigenvalue weighted by Gasteiger charge is 2.34. The van der Waals surface area contributed by atoms with E-state index in [1.807, 2.05) is 10.3 Å². The summed E-state index contributed by atoms with van der Waals surface area (Å²) in [7, 11) is 0. The van der Waals surface area contributed by atoms with E-state index >= 15 is 0 Å². The van der Waals surface area contributed by atoms with Crippen LogP contribution in [0.3, 0.4) is 0 Å². The van der Waals surface area contributed by atoms with Gasteiger partial charge in [-0.3, -0.25) is 9.59 Å². The van der Waals surface area contributed by atoms with Crippen LogP contribution in [0.25, 0.3) is 0 Å². The Labute approximate surface area is 136 Å². The molecule has 0 saturated heterocycles. The maximum absolute atomic E-state index is 13.4. The highest BCUT2D eigenvalue weighted by atomic mass is 32.1. The minimum atomic E-state index is -0.528. The Hall–Kier alpha value is -2.21. The molecule has 3 heterocycles. The van der Waals surface area contributed by atoms with Crippen LogP contribution in [-0.2, 0) is 22.6 Å². The zero-order valence-corrected chi connectivity index (χ0v) is 13.2. The molecule has 2 amide bonds. The maximum atomic E-state index is 13.4. The van der Waals surface area contributed by atoms with Gasteiger partial charge in [0, 0.05) is 30.1 Å². The van der Waals surface area contributed by atoms with E-state index in [1.54, 1.807) is 17.4 Å². The van der Waals surface area contributed by atoms with E-state index in [0.29, 0.717) is 24.3 Å². The fourth-order valence-corrected chi connectivity index (χ4v) is 4.20. The summed E-state index contributed by atoms with van der Waals surface area (Å²) in [5, 5.41) is 4.70. The lowest BCUT2D eigenvalue weighted by Crippen LogP contribution is -2.41. The minimum absolute atomic E-state index is 0.0513. The molecule has 0 spiro atoms. The summed E-state index contributed by atoms with van der Waals surface area (Å²) in [5.74, 6) is -1.24. The molecule has 118 valence electrons. The van der Waals surface area contributed by atoms with Gasteiger partial charge in [0.15, 0.2) is 0 Å². The Morgan fingerprint density at radius 2 is 2.22 bits per heavy atom. The summed E-state index contributed by atoms with van der Waals surface area (Å²) in [6, 6.07) is 6.27. The lowest BCUT2D eigenvalue weighted by Gasteiger charge is -2.33. The first-order chi connectivity index (χ1) is 11.1. The Kier molecular flexibility index (Phi) is 3.41. The highest BCUT2D eigenvalue weighted by Crippen LogP contribution is 2.35. The highest BCUT2D eigenvalue weighted by molar-refractivity contribution is 7.10. The number of carbonyl (C=O) groups is 2. The SMILES string of the molecule is O=C1C[C@H](C(=O)N2CCc3sccc3C2)c2ccc(F)cc2N1. The number of amides is 2. The van der Waals surface area contributed by atoms with Crippen LogP contribution in [0.4, 0.5) is 10.1 Å². The molecule has 1 N–H and O–H groups in total. The fraction of sp³-hybridized carbons (Fsp3) is 0.294. The largest absolute Gasteiger partial charge is 0.337 e. The van der Waals surface area contributed by atoms with Crippen LogP contribution in [-0.4, -0.2) is 23.3 Å². The number of anilines is 1. The molecule has 4 nitrogen and oxygen atoms in total. The molecule has 0 saturated carbocycles. The molecular weight excluding hydrogens is 315 g/mol. The summed E-state index contributed by atoms with van der Waals surface area (Å²) < 4.78 is 13.4. The molecule has 1 atom stereocenters. The number of halogens is 1. The molecule has 0 fully saturated rings. The van der Waals surface area contributed by atoms with Crippen molar-refractivity contribution in [1.82, 2.24) is 4.90 Å². The van der Waals surface area contributed by atoms with Gasteiger partial charge < -0.3 is 10.2 Å². The van der Waals surface area contributed by atoms with E-state index in [9.17, 15) is 14.0 Å². The predicted octanol–water partition coefficient (Wildman–Crippen LogP) is 2.90. The van der Waals surface area contributed by atoms with Crippen molar-refractivity contribution in [2.45, 2.75) is 25.3 Å². The summed E-state index contributed by atoms with van der Waals surface area (Å²) >= 11 is 1.72. The minimum Gasteiger partial charge on any atom is -0.337 e. The molecule has 0 radical (unpaired) electrons. The number of nitrogens with one attached hydrogen (secondary N) is 1. The third-order valence-corrected chi connectivity index (χ3v) is 5.49. The maximum Gasteiger partial charge on any atom is 0.231 e. The summed E-state index contributed by atoms with van der Waals surface area (Å²) in [6.07, 6.45) is 0.971. The van der Waals surface area contributed by atoms with Crippen LogP contribution in [0, 0.1) is 5.82 Å². The molecular formula is C17H15FN2O2S. The third-order valence-electron chi connectivity index (χ3n) is 4.47. The van der Waals surface area contributed by atoms with Crippen molar-refractivity contribution < 1.29 is 14.0 Å². The molecule has 2 aliphatic heterocycles. The van der Waals surface area contributed by atoms with Crippen molar-refractivity contribution in [3.63, 3.8) is 0 Å². The van der Waals surface area contributed by atoms with E-state index in [4.69, 9.17) is 0 Å². The van der Waals surface area contributed by atoms with Gasteiger partial charge in [-0.15, -0.1) is 11.3 Å². The van der Waals surface area contributed by atoms with E-state index in [-0.39, 0.29) is 18.2 Å². The summed E-state index contributed by atoms with van der Waals surface area (Å²) in [5.41, 5.74) is 2.30. The van der Waals surface area contributed by atoms with Gasteiger partial charge in [-0.05, 0) is 41.1 Å². The number of benzene rings is 1. The van der Waals surface area contributed by atoms with Gasteiger partial charge in [0.2, 0.25) is 11.8 Å². The van der Waals surface area contributed by atoms with Gasteiger partial charge >= 0.3 is 0 Å². The van der Waals surface area contributed by atoms with Crippen LogP contribution in [0.15, 0.2) is 29.6 Å². The summed E-state index contributed by atoms with van der Waals surface area (Å²) in [6.45, 7) is 1.26. The van der Waals surface area contributed by atoms with Gasteiger partial charge in [0.1, 0.15) is 5.82 Å². The average molecular weight is 330 g/mol. The van der Waals surface area contributed by atoms with Crippen molar-refractivity contribution in [3.8, 4) is 0 Å². The molecule has 2 aromatic rings. The number of nitrogens with zero attached hydrogens (tertiary/aromatic N) is 1. The quantitative estimate of drug-likeness (QED) is 0.874. The smallest absolute Gasteiger partial charge is 0.231 e. The first-order valence-corrected chi connectivity index (χ1v) is 8.43. The number of thiophene rings is 1. The molecule has 2 aliphatic rings. The van der Waals surface area contributed by atoms with E-state index in [0.717, 1.165) is 6.42 Å². The Balaban J connectivity index is 1.63. The first-order valence-electron chi connectivity index (χ1n) is 7.55. The van der Waals surface area contributed by atoms with Crippen molar-refractivity contribution in [2.75, 3.05) is 11.9 Å². The van der Waals surface area contributed by atoms with Gasteiger partial charge in [0.25, 0.3) is 0 Å². The second kappa shape index (κ2) is 5.45. The van der Waals surface area contributed by atoms with E-state index in [1.165, 1.54) is 22.6 Å². The number of fused-ring (bicyclic) bond motifs is 2. The second-order valence-corrected chi connectivity index (χ2v) is 6.92. The van der Waals surface area contributed by atoms with E-state index in [2.05, 4.69) is 11.4 Å². The van der Waals surface area contributed by atoms with Crippen molar-refractivity contribution in [1.29, 1.82) is 0 Å². The van der Waals surface area contributed by atoms with Crippen LogP contribution in [0.5, 0.6) is 0 Å². The van der Waals surface area contributed by atoms with Gasteiger partial charge in [-0.2, -0.15) is 0 Å². The number of carbonyl (C=O) groups excluding carboxylic acids is 2. The van der Waals surface area contributed by atoms with Crippen LogP contribution < -0.4 is 5.32 Å². The van der Waals surface area contributed by atoms with Crippen molar-refractivity contribution in [2.24, 2.45) is 0 Å². The van der Waals surface area contributed by atoms with Crippen molar-refractivity contribution in [3.05, 3.63) is 51.5 Å². The fourth-order valence-electron chi connectivity index (χ4n) is 3.31. The Bertz CT molecular complexity index is 802. The van der Waals surface area contributed by atoms with E-state index < -0.39 is 11.7 Å². The lowest BCUT2D eigenvalue weighted by atomic mass is 9.88. The Morgan fingerprint density at radius 3 is 3.09 bits per heavy atom. The van der Waals surface area contributed by atoms with Crippen molar-refractivity contribution >= 4 is 28.8 Å². The Morgan fingerprint density at radius 1 is 1.35 bits per heavy atom.